The molecule has 2 aromatic carbocycles. The van der Waals surface area contributed by atoms with Gasteiger partial charge in [0.2, 0.25) is 0 Å². The monoisotopic (exact) mass is 423 g/mol. The number of carbonyl (C=O) groups is 1. The van der Waals surface area contributed by atoms with Gasteiger partial charge in [-0.25, -0.2) is 4.98 Å². The molecule has 0 atom stereocenters. The number of anilines is 2. The quantitative estimate of drug-likeness (QED) is 0.437. The first-order valence-corrected chi connectivity index (χ1v) is 10.1. The number of nitrogens with two attached hydrogens (primary N) is 1. The van der Waals surface area contributed by atoms with E-state index in [-0.39, 0.29) is 5.91 Å². The van der Waals surface area contributed by atoms with Crippen molar-refractivity contribution in [1.29, 1.82) is 0 Å². The van der Waals surface area contributed by atoms with Crippen LogP contribution >= 0.6 is 22.9 Å². The molecule has 0 radical (unpaired) electrons. The van der Waals surface area contributed by atoms with Crippen LogP contribution < -0.4 is 15.8 Å². The molecule has 29 heavy (non-hydrogen) atoms. The van der Waals surface area contributed by atoms with E-state index in [2.05, 4.69) is 5.32 Å². The minimum atomic E-state index is -0.276. The molecule has 2 aromatic heterocycles. The Morgan fingerprint density at radius 1 is 1.14 bits per heavy atom. The van der Waals surface area contributed by atoms with Gasteiger partial charge in [-0.15, -0.1) is 11.3 Å². The highest BCUT2D eigenvalue weighted by Crippen LogP contribution is 2.35. The molecule has 0 saturated carbocycles. The van der Waals surface area contributed by atoms with Gasteiger partial charge in [0.15, 0.2) is 0 Å². The van der Waals surface area contributed by atoms with E-state index in [0.29, 0.717) is 26.1 Å². The molecule has 0 bridgehead atoms. The highest BCUT2D eigenvalue weighted by Gasteiger charge is 2.19. The summed E-state index contributed by atoms with van der Waals surface area (Å²) in [6.07, 6.45) is 0. The third-order valence-corrected chi connectivity index (χ3v) is 6.23. The molecule has 0 aliphatic heterocycles. The summed E-state index contributed by atoms with van der Waals surface area (Å²) < 4.78 is 5.20. The molecule has 4 rings (SSSR count). The van der Waals surface area contributed by atoms with Gasteiger partial charge >= 0.3 is 0 Å². The van der Waals surface area contributed by atoms with Crippen LogP contribution in [0.1, 0.15) is 15.2 Å². The number of aromatic nitrogens is 1. The van der Waals surface area contributed by atoms with E-state index in [1.807, 2.05) is 49.4 Å². The van der Waals surface area contributed by atoms with E-state index in [4.69, 9.17) is 27.1 Å². The summed E-state index contributed by atoms with van der Waals surface area (Å²) >= 11 is 7.41. The third kappa shape index (κ3) is 3.64. The number of ether oxygens (including phenoxy) is 1. The van der Waals surface area contributed by atoms with Crippen molar-refractivity contribution < 1.29 is 9.53 Å². The zero-order chi connectivity index (χ0) is 20.5. The maximum atomic E-state index is 12.8. The lowest BCUT2D eigenvalue weighted by Gasteiger charge is -2.08. The zero-order valence-corrected chi connectivity index (χ0v) is 17.4. The minimum Gasteiger partial charge on any atom is -0.497 e. The van der Waals surface area contributed by atoms with Gasteiger partial charge in [-0.1, -0.05) is 17.7 Å². The molecule has 0 fully saturated rings. The number of benzene rings is 2. The number of nitrogens with zero attached hydrogens (tertiary/aromatic N) is 1. The molecule has 0 saturated heterocycles. The van der Waals surface area contributed by atoms with E-state index in [9.17, 15) is 4.79 Å². The Kier molecular flexibility index (Phi) is 5.13. The number of nitrogens with one attached hydrogen (secondary N) is 1. The predicted molar refractivity (Wildman–Crippen MR) is 120 cm³/mol. The maximum Gasteiger partial charge on any atom is 0.267 e. The second-order valence-corrected chi connectivity index (χ2v) is 7.90. The normalized spacial score (nSPS) is 10.9. The molecule has 2 heterocycles. The molecule has 5 nitrogen and oxygen atoms in total. The second-order valence-electron chi connectivity index (χ2n) is 6.49. The zero-order valence-electron chi connectivity index (χ0n) is 15.8. The summed E-state index contributed by atoms with van der Waals surface area (Å²) in [4.78, 5) is 18.7. The van der Waals surface area contributed by atoms with E-state index >= 15 is 0 Å². The topological polar surface area (TPSA) is 77.2 Å². The van der Waals surface area contributed by atoms with Crippen molar-refractivity contribution in [3.63, 3.8) is 0 Å². The maximum absolute atomic E-state index is 12.8. The standard InChI is InChI=1S/C22H18ClN3O2S/c1-12-16(23)4-3-5-17(12)25-21(27)20-19(24)15-10-11-18(26-22(15)29-20)13-6-8-14(28-2)9-7-13/h3-11H,24H2,1-2H3,(H,25,27). The van der Waals surface area contributed by atoms with Crippen LogP contribution in [0.5, 0.6) is 5.75 Å². The Morgan fingerprint density at radius 3 is 2.62 bits per heavy atom. The van der Waals surface area contributed by atoms with Crippen molar-refractivity contribution >= 4 is 50.4 Å². The molecule has 4 aromatic rings. The predicted octanol–water partition coefficient (Wildman–Crippen LogP) is 5.77. The number of pyridine rings is 1. The average molecular weight is 424 g/mol. The number of rotatable bonds is 4. The Labute approximate surface area is 177 Å². The summed E-state index contributed by atoms with van der Waals surface area (Å²) in [5.74, 6) is 0.507. The highest BCUT2D eigenvalue weighted by atomic mass is 35.5. The number of halogens is 1. The van der Waals surface area contributed by atoms with Crippen molar-refractivity contribution in [2.75, 3.05) is 18.2 Å². The molecule has 7 heteroatoms. The van der Waals surface area contributed by atoms with Gasteiger partial charge in [0.1, 0.15) is 15.5 Å². The van der Waals surface area contributed by atoms with Gasteiger partial charge in [-0.05, 0) is 61.0 Å². The van der Waals surface area contributed by atoms with Gasteiger partial charge in [-0.2, -0.15) is 0 Å². The largest absolute Gasteiger partial charge is 0.497 e. The summed E-state index contributed by atoms with van der Waals surface area (Å²) in [5.41, 5.74) is 9.91. The van der Waals surface area contributed by atoms with Crippen LogP contribution in [0.4, 0.5) is 11.4 Å². The van der Waals surface area contributed by atoms with Crippen LogP contribution in [0.2, 0.25) is 5.02 Å². The van der Waals surface area contributed by atoms with Crippen LogP contribution in [0.25, 0.3) is 21.5 Å². The lowest BCUT2D eigenvalue weighted by molar-refractivity contribution is 0.103. The minimum absolute atomic E-state index is 0.276. The molecule has 0 spiro atoms. The second kappa shape index (κ2) is 7.73. The van der Waals surface area contributed by atoms with Crippen molar-refractivity contribution in [2.24, 2.45) is 0 Å². The van der Waals surface area contributed by atoms with Crippen LogP contribution in [0.3, 0.4) is 0 Å². The number of amides is 1. The van der Waals surface area contributed by atoms with Crippen molar-refractivity contribution in [3.8, 4) is 17.0 Å². The molecular formula is C22H18ClN3O2S. The summed E-state index contributed by atoms with van der Waals surface area (Å²) in [6, 6.07) is 16.8. The number of hydrogen-bond acceptors (Lipinski definition) is 5. The fraction of sp³-hybridized carbons (Fsp3) is 0.0909. The smallest absolute Gasteiger partial charge is 0.267 e. The van der Waals surface area contributed by atoms with Crippen molar-refractivity contribution in [2.45, 2.75) is 6.92 Å². The Bertz CT molecular complexity index is 1220. The molecule has 3 N–H and O–H groups in total. The fourth-order valence-electron chi connectivity index (χ4n) is 3.01. The van der Waals surface area contributed by atoms with E-state index in [1.54, 1.807) is 19.2 Å². The first kappa shape index (κ1) is 19.2. The van der Waals surface area contributed by atoms with Crippen LogP contribution in [-0.4, -0.2) is 18.0 Å². The summed E-state index contributed by atoms with van der Waals surface area (Å²) in [7, 11) is 1.63. The first-order chi connectivity index (χ1) is 14.0. The molecule has 0 aliphatic rings. The first-order valence-electron chi connectivity index (χ1n) is 8.88. The molecule has 1 amide bonds. The number of carbonyl (C=O) groups excluding carboxylic acids is 1. The van der Waals surface area contributed by atoms with Crippen LogP contribution in [0.15, 0.2) is 54.6 Å². The SMILES string of the molecule is COc1ccc(-c2ccc3c(N)c(C(=O)Nc4cccc(Cl)c4C)sc3n2)cc1. The fourth-order valence-corrected chi connectivity index (χ4v) is 4.17. The van der Waals surface area contributed by atoms with E-state index in [1.165, 1.54) is 11.3 Å². The van der Waals surface area contributed by atoms with E-state index in [0.717, 1.165) is 28.0 Å². The van der Waals surface area contributed by atoms with Crippen molar-refractivity contribution in [1.82, 2.24) is 4.98 Å². The van der Waals surface area contributed by atoms with Crippen molar-refractivity contribution in [3.05, 3.63) is 70.1 Å². The van der Waals surface area contributed by atoms with Gasteiger partial charge in [-0.3, -0.25) is 4.79 Å². The lowest BCUT2D eigenvalue weighted by Crippen LogP contribution is -2.12. The number of fused-ring (bicyclic) bond motifs is 1. The average Bonchev–Trinajstić information content (AvgIpc) is 3.07. The van der Waals surface area contributed by atoms with Gasteiger partial charge in [0, 0.05) is 21.7 Å². The van der Waals surface area contributed by atoms with Gasteiger partial charge < -0.3 is 15.8 Å². The van der Waals surface area contributed by atoms with E-state index < -0.39 is 0 Å². The van der Waals surface area contributed by atoms with Gasteiger partial charge in [0.05, 0.1) is 18.5 Å². The number of thiophene rings is 1. The Hall–Kier alpha value is -3.09. The van der Waals surface area contributed by atoms with Crippen LogP contribution in [0, 0.1) is 6.92 Å². The lowest BCUT2D eigenvalue weighted by atomic mass is 10.1. The number of methoxy groups -OCH3 is 1. The molecular weight excluding hydrogens is 406 g/mol. The van der Waals surface area contributed by atoms with Crippen LogP contribution in [-0.2, 0) is 0 Å². The number of nitrogen functional groups attached to an aromatic ring is 1. The summed E-state index contributed by atoms with van der Waals surface area (Å²) in [5, 5.41) is 4.25. The highest BCUT2D eigenvalue weighted by molar-refractivity contribution is 7.21. The molecule has 0 unspecified atom stereocenters. The number of hydrogen-bond donors (Lipinski definition) is 2. The third-order valence-electron chi connectivity index (χ3n) is 4.70. The summed E-state index contributed by atoms with van der Waals surface area (Å²) in [6.45, 7) is 1.86. The molecule has 0 aliphatic carbocycles. The molecule has 146 valence electrons. The Morgan fingerprint density at radius 2 is 1.90 bits per heavy atom. The van der Waals surface area contributed by atoms with Gasteiger partial charge in [0.25, 0.3) is 5.91 Å². The Balaban J connectivity index is 1.67.